The fourth-order valence-corrected chi connectivity index (χ4v) is 2.03. The van der Waals surface area contributed by atoms with Gasteiger partial charge in [-0.3, -0.25) is 9.69 Å². The molecule has 0 unspecified atom stereocenters. The van der Waals surface area contributed by atoms with Crippen molar-refractivity contribution in [3.63, 3.8) is 0 Å². The molecule has 0 spiro atoms. The molecule has 1 aromatic carbocycles. The summed E-state index contributed by atoms with van der Waals surface area (Å²) >= 11 is 0. The van der Waals surface area contributed by atoms with Crippen LogP contribution in [0.2, 0.25) is 0 Å². The Kier molecular flexibility index (Phi) is 3.87. The fraction of sp³-hybridized carbons (Fsp3) is 0.500. The lowest BCUT2D eigenvalue weighted by molar-refractivity contribution is -0.131. The van der Waals surface area contributed by atoms with E-state index in [2.05, 4.69) is 0 Å². The van der Waals surface area contributed by atoms with E-state index in [0.29, 0.717) is 19.1 Å². The minimum absolute atomic E-state index is 0.189. The zero-order valence-electron chi connectivity index (χ0n) is 11.1. The van der Waals surface area contributed by atoms with E-state index in [1.165, 1.54) is 0 Å². The van der Waals surface area contributed by atoms with Crippen molar-refractivity contribution in [1.29, 1.82) is 0 Å². The normalized spacial score (nSPS) is 14.8. The molecule has 0 saturated heterocycles. The summed E-state index contributed by atoms with van der Waals surface area (Å²) in [5.41, 5.74) is 7.75. The average molecular weight is 247 g/mol. The van der Waals surface area contributed by atoms with E-state index in [-0.39, 0.29) is 5.91 Å². The summed E-state index contributed by atoms with van der Waals surface area (Å²) in [6.45, 7) is 1.15. The van der Waals surface area contributed by atoms with Crippen molar-refractivity contribution in [2.75, 3.05) is 26.4 Å². The first-order valence-electron chi connectivity index (χ1n) is 6.35. The van der Waals surface area contributed by atoms with Crippen molar-refractivity contribution in [3.8, 4) is 0 Å². The molecule has 0 aromatic heterocycles. The lowest BCUT2D eigenvalue weighted by atomic mass is 10.2. The summed E-state index contributed by atoms with van der Waals surface area (Å²) in [6.07, 6.45) is 2.30. The van der Waals surface area contributed by atoms with Crippen LogP contribution in [0.25, 0.3) is 0 Å². The van der Waals surface area contributed by atoms with Gasteiger partial charge >= 0.3 is 0 Å². The summed E-state index contributed by atoms with van der Waals surface area (Å²) in [7, 11) is 3.84. The van der Waals surface area contributed by atoms with Crippen LogP contribution < -0.4 is 5.73 Å². The molecular weight excluding hydrogens is 226 g/mol. The van der Waals surface area contributed by atoms with E-state index in [4.69, 9.17) is 5.73 Å². The molecule has 1 saturated carbocycles. The van der Waals surface area contributed by atoms with Gasteiger partial charge in [0.15, 0.2) is 0 Å². The number of nitrogen functional groups attached to an aromatic ring is 1. The third-order valence-corrected chi connectivity index (χ3v) is 3.39. The Labute approximate surface area is 108 Å². The van der Waals surface area contributed by atoms with Gasteiger partial charge in [-0.05, 0) is 31.5 Å². The van der Waals surface area contributed by atoms with Crippen molar-refractivity contribution in [3.05, 3.63) is 29.8 Å². The predicted octanol–water partition coefficient (Wildman–Crippen LogP) is 1.32. The van der Waals surface area contributed by atoms with Gasteiger partial charge in [-0.15, -0.1) is 0 Å². The second-order valence-corrected chi connectivity index (χ2v) is 5.11. The van der Waals surface area contributed by atoms with Gasteiger partial charge in [0.1, 0.15) is 0 Å². The van der Waals surface area contributed by atoms with Gasteiger partial charge in [-0.25, -0.2) is 0 Å². The van der Waals surface area contributed by atoms with Crippen molar-refractivity contribution in [2.24, 2.45) is 0 Å². The smallest absolute Gasteiger partial charge is 0.236 e. The van der Waals surface area contributed by atoms with Crippen LogP contribution in [0.15, 0.2) is 24.3 Å². The van der Waals surface area contributed by atoms with Crippen LogP contribution in [0.1, 0.15) is 18.4 Å². The molecule has 1 aliphatic carbocycles. The molecule has 0 radical (unpaired) electrons. The number of hydrogen-bond donors (Lipinski definition) is 1. The molecule has 1 amide bonds. The summed E-state index contributed by atoms with van der Waals surface area (Å²) in [5.74, 6) is 0.189. The number of rotatable bonds is 5. The summed E-state index contributed by atoms with van der Waals surface area (Å²) in [4.78, 5) is 15.8. The third kappa shape index (κ3) is 3.23. The Bertz CT molecular complexity index is 429. The molecule has 0 bridgehead atoms. The van der Waals surface area contributed by atoms with E-state index >= 15 is 0 Å². The molecule has 4 heteroatoms. The Balaban J connectivity index is 1.86. The maximum atomic E-state index is 12.0. The number of likely N-dealkylation sites (N-methyl/N-ethyl adjacent to an activating group) is 2. The zero-order chi connectivity index (χ0) is 13.1. The third-order valence-electron chi connectivity index (χ3n) is 3.39. The van der Waals surface area contributed by atoms with E-state index in [9.17, 15) is 4.79 Å². The largest absolute Gasteiger partial charge is 0.398 e. The van der Waals surface area contributed by atoms with Crippen molar-refractivity contribution < 1.29 is 4.79 Å². The van der Waals surface area contributed by atoms with Crippen LogP contribution in [0.5, 0.6) is 0 Å². The Morgan fingerprint density at radius 2 is 2.00 bits per heavy atom. The number of nitrogens with zero attached hydrogens (tertiary/aromatic N) is 2. The van der Waals surface area contributed by atoms with Gasteiger partial charge in [0.2, 0.25) is 5.91 Å². The highest BCUT2D eigenvalue weighted by atomic mass is 16.2. The minimum Gasteiger partial charge on any atom is -0.398 e. The van der Waals surface area contributed by atoms with Crippen LogP contribution in [-0.2, 0) is 11.3 Å². The number of carbonyl (C=O) groups excluding carboxylic acids is 1. The molecule has 18 heavy (non-hydrogen) atoms. The first kappa shape index (κ1) is 12.9. The first-order valence-corrected chi connectivity index (χ1v) is 6.35. The van der Waals surface area contributed by atoms with Gasteiger partial charge in [0.05, 0.1) is 6.54 Å². The van der Waals surface area contributed by atoms with Crippen LogP contribution >= 0.6 is 0 Å². The van der Waals surface area contributed by atoms with Crippen molar-refractivity contribution in [1.82, 2.24) is 9.80 Å². The highest BCUT2D eigenvalue weighted by molar-refractivity contribution is 5.78. The SMILES string of the molecule is CN(CC(=O)N(C)C1CC1)Cc1ccccc1N. The molecule has 1 aliphatic rings. The Morgan fingerprint density at radius 1 is 1.33 bits per heavy atom. The molecule has 0 aliphatic heterocycles. The van der Waals surface area contributed by atoms with Crippen molar-refractivity contribution >= 4 is 11.6 Å². The molecule has 2 N–H and O–H groups in total. The molecule has 0 atom stereocenters. The Morgan fingerprint density at radius 3 is 2.61 bits per heavy atom. The van der Waals surface area contributed by atoms with Gasteiger partial charge in [0, 0.05) is 25.3 Å². The van der Waals surface area contributed by atoms with Gasteiger partial charge < -0.3 is 10.6 Å². The summed E-state index contributed by atoms with van der Waals surface area (Å²) in [6, 6.07) is 8.26. The topological polar surface area (TPSA) is 49.6 Å². The second kappa shape index (κ2) is 5.40. The molecular formula is C14H21N3O. The quantitative estimate of drug-likeness (QED) is 0.798. The number of amides is 1. The van der Waals surface area contributed by atoms with Crippen LogP contribution in [0.4, 0.5) is 5.69 Å². The minimum atomic E-state index is 0.189. The van der Waals surface area contributed by atoms with Gasteiger partial charge in [-0.1, -0.05) is 18.2 Å². The number of carbonyl (C=O) groups is 1. The maximum Gasteiger partial charge on any atom is 0.236 e. The number of benzene rings is 1. The van der Waals surface area contributed by atoms with E-state index in [0.717, 1.165) is 24.1 Å². The Hall–Kier alpha value is -1.55. The molecule has 0 heterocycles. The monoisotopic (exact) mass is 247 g/mol. The molecule has 4 nitrogen and oxygen atoms in total. The number of para-hydroxylation sites is 1. The maximum absolute atomic E-state index is 12.0. The number of nitrogens with two attached hydrogens (primary N) is 1. The van der Waals surface area contributed by atoms with E-state index in [1.807, 2.05) is 48.2 Å². The van der Waals surface area contributed by atoms with Crippen molar-refractivity contribution in [2.45, 2.75) is 25.4 Å². The predicted molar refractivity (Wildman–Crippen MR) is 73.0 cm³/mol. The van der Waals surface area contributed by atoms with E-state index in [1.54, 1.807) is 0 Å². The fourth-order valence-electron chi connectivity index (χ4n) is 2.03. The second-order valence-electron chi connectivity index (χ2n) is 5.11. The van der Waals surface area contributed by atoms with Crippen LogP contribution in [0, 0.1) is 0 Å². The number of hydrogen-bond acceptors (Lipinski definition) is 3. The molecule has 1 aromatic rings. The lowest BCUT2D eigenvalue weighted by Crippen LogP contribution is -2.37. The van der Waals surface area contributed by atoms with Gasteiger partial charge in [0.25, 0.3) is 0 Å². The van der Waals surface area contributed by atoms with Crippen LogP contribution in [-0.4, -0.2) is 42.4 Å². The summed E-state index contributed by atoms with van der Waals surface area (Å²) < 4.78 is 0. The standard InChI is InChI=1S/C14H21N3O/c1-16(9-11-5-3-4-6-13(11)15)10-14(18)17(2)12-7-8-12/h3-6,12H,7-10,15H2,1-2H3. The molecule has 98 valence electrons. The zero-order valence-corrected chi connectivity index (χ0v) is 11.1. The summed E-state index contributed by atoms with van der Waals surface area (Å²) in [5, 5.41) is 0. The average Bonchev–Trinajstić information content (AvgIpc) is 3.15. The lowest BCUT2D eigenvalue weighted by Gasteiger charge is -2.22. The first-order chi connectivity index (χ1) is 8.58. The van der Waals surface area contributed by atoms with E-state index < -0.39 is 0 Å². The highest BCUT2D eigenvalue weighted by Gasteiger charge is 2.29. The van der Waals surface area contributed by atoms with Gasteiger partial charge in [-0.2, -0.15) is 0 Å². The highest BCUT2D eigenvalue weighted by Crippen LogP contribution is 2.25. The molecule has 2 rings (SSSR count). The molecule has 1 fully saturated rings. The van der Waals surface area contributed by atoms with Crippen LogP contribution in [0.3, 0.4) is 0 Å². The number of anilines is 1.